The molecule has 7 nitrogen and oxygen atoms in total. The summed E-state index contributed by atoms with van der Waals surface area (Å²) in [5, 5.41) is 2.69. The molecule has 156 valence electrons. The van der Waals surface area contributed by atoms with Gasteiger partial charge in [0.15, 0.2) is 0 Å². The molecule has 2 amide bonds. The summed E-state index contributed by atoms with van der Waals surface area (Å²) < 4.78 is 10.5. The van der Waals surface area contributed by atoms with Gasteiger partial charge in [-0.15, -0.1) is 0 Å². The lowest BCUT2D eigenvalue weighted by atomic mass is 10.0. The van der Waals surface area contributed by atoms with Gasteiger partial charge in [-0.1, -0.05) is 48.5 Å². The SMILES string of the molecule is CCOC(=O)[C@@H]1Cc2cccc3c2N1C(=O)[C@@H](NC(=O)OCc1ccccc1)CC3. The fourth-order valence-corrected chi connectivity index (χ4v) is 4.10. The second-order valence-electron chi connectivity index (χ2n) is 7.40. The molecule has 2 atom stereocenters. The number of carbonyl (C=O) groups excluding carboxylic acids is 3. The van der Waals surface area contributed by atoms with E-state index in [1.807, 2.05) is 48.5 Å². The number of amides is 2. The highest BCUT2D eigenvalue weighted by Crippen LogP contribution is 2.39. The van der Waals surface area contributed by atoms with Crippen LogP contribution in [-0.2, 0) is 38.5 Å². The second-order valence-corrected chi connectivity index (χ2v) is 7.40. The number of alkyl carbamates (subject to hydrolysis) is 1. The molecule has 0 saturated heterocycles. The zero-order chi connectivity index (χ0) is 21.1. The van der Waals surface area contributed by atoms with Crippen LogP contribution in [-0.4, -0.2) is 36.7 Å². The Labute approximate surface area is 175 Å². The Hall–Kier alpha value is -3.35. The van der Waals surface area contributed by atoms with Crippen molar-refractivity contribution >= 4 is 23.7 Å². The number of benzene rings is 2. The minimum atomic E-state index is -0.774. The van der Waals surface area contributed by atoms with E-state index in [1.165, 1.54) is 4.90 Å². The van der Waals surface area contributed by atoms with Crippen LogP contribution in [0.1, 0.15) is 30.0 Å². The molecule has 2 aromatic rings. The fourth-order valence-electron chi connectivity index (χ4n) is 4.10. The van der Waals surface area contributed by atoms with Gasteiger partial charge in [-0.3, -0.25) is 9.69 Å². The van der Waals surface area contributed by atoms with Crippen molar-refractivity contribution in [2.75, 3.05) is 11.5 Å². The van der Waals surface area contributed by atoms with Crippen molar-refractivity contribution in [2.45, 2.75) is 44.9 Å². The largest absolute Gasteiger partial charge is 0.464 e. The van der Waals surface area contributed by atoms with E-state index in [9.17, 15) is 14.4 Å². The number of hydrogen-bond acceptors (Lipinski definition) is 5. The third-order valence-corrected chi connectivity index (χ3v) is 5.47. The minimum absolute atomic E-state index is 0.118. The van der Waals surface area contributed by atoms with Crippen LogP contribution in [0.2, 0.25) is 0 Å². The molecule has 2 aromatic carbocycles. The van der Waals surface area contributed by atoms with Crippen LogP contribution in [0.5, 0.6) is 0 Å². The second kappa shape index (κ2) is 8.57. The first kappa shape index (κ1) is 19.9. The Morgan fingerprint density at radius 1 is 1.07 bits per heavy atom. The van der Waals surface area contributed by atoms with Gasteiger partial charge in [-0.2, -0.15) is 0 Å². The molecule has 1 N–H and O–H groups in total. The van der Waals surface area contributed by atoms with E-state index in [0.717, 1.165) is 22.4 Å². The highest BCUT2D eigenvalue weighted by atomic mass is 16.5. The van der Waals surface area contributed by atoms with E-state index >= 15 is 0 Å². The molecule has 0 aromatic heterocycles. The van der Waals surface area contributed by atoms with Crippen molar-refractivity contribution in [3.63, 3.8) is 0 Å². The summed E-state index contributed by atoms with van der Waals surface area (Å²) in [6.07, 6.45) is 0.806. The lowest BCUT2D eigenvalue weighted by Gasteiger charge is -2.27. The first-order chi connectivity index (χ1) is 14.6. The number of nitrogens with one attached hydrogen (secondary N) is 1. The molecule has 0 saturated carbocycles. The number of hydrogen-bond donors (Lipinski definition) is 1. The number of rotatable bonds is 5. The van der Waals surface area contributed by atoms with Crippen molar-refractivity contribution in [2.24, 2.45) is 0 Å². The van der Waals surface area contributed by atoms with Gasteiger partial charge in [0, 0.05) is 6.42 Å². The van der Waals surface area contributed by atoms with Gasteiger partial charge in [-0.25, -0.2) is 9.59 Å². The number of anilines is 1. The molecule has 2 aliphatic heterocycles. The van der Waals surface area contributed by atoms with Crippen molar-refractivity contribution in [1.82, 2.24) is 5.32 Å². The lowest BCUT2D eigenvalue weighted by Crippen LogP contribution is -2.52. The molecule has 0 aliphatic carbocycles. The standard InChI is InChI=1S/C23H24N2O5/c1-2-29-22(27)19-13-17-10-6-9-16-11-12-18(21(26)25(19)20(16)17)24-23(28)30-14-15-7-4-3-5-8-15/h3-10,18-19H,2,11-14H2,1H3,(H,24,28)/t18-,19-/m0/s1. The number of esters is 1. The molecule has 2 aliphatic rings. The van der Waals surface area contributed by atoms with Gasteiger partial charge in [0.1, 0.15) is 18.7 Å². The van der Waals surface area contributed by atoms with Gasteiger partial charge >= 0.3 is 12.1 Å². The Balaban J connectivity index is 1.51. The molecule has 7 heteroatoms. The average molecular weight is 408 g/mol. The molecule has 4 rings (SSSR count). The Morgan fingerprint density at radius 3 is 2.60 bits per heavy atom. The van der Waals surface area contributed by atoms with Crippen LogP contribution in [0, 0.1) is 0 Å². The Bertz CT molecular complexity index is 959. The summed E-state index contributed by atoms with van der Waals surface area (Å²) in [5.74, 6) is -0.742. The topological polar surface area (TPSA) is 84.9 Å². The highest BCUT2D eigenvalue weighted by Gasteiger charge is 2.44. The van der Waals surface area contributed by atoms with E-state index in [1.54, 1.807) is 6.92 Å². The summed E-state index contributed by atoms with van der Waals surface area (Å²) in [5.41, 5.74) is 3.59. The molecule has 0 radical (unpaired) electrons. The van der Waals surface area contributed by atoms with Crippen LogP contribution >= 0.6 is 0 Å². The smallest absolute Gasteiger partial charge is 0.408 e. The van der Waals surface area contributed by atoms with E-state index in [0.29, 0.717) is 19.3 Å². The van der Waals surface area contributed by atoms with E-state index in [4.69, 9.17) is 9.47 Å². The average Bonchev–Trinajstić information content (AvgIpc) is 3.09. The van der Waals surface area contributed by atoms with Gasteiger partial charge in [0.2, 0.25) is 0 Å². The van der Waals surface area contributed by atoms with Gasteiger partial charge in [-0.05, 0) is 36.5 Å². The molecule has 2 heterocycles. The van der Waals surface area contributed by atoms with Crippen molar-refractivity contribution < 1.29 is 23.9 Å². The maximum atomic E-state index is 13.3. The van der Waals surface area contributed by atoms with Gasteiger partial charge < -0.3 is 14.8 Å². The van der Waals surface area contributed by atoms with Crippen molar-refractivity contribution in [1.29, 1.82) is 0 Å². The molecule has 0 fully saturated rings. The molecule has 0 spiro atoms. The number of nitrogens with zero attached hydrogens (tertiary/aromatic N) is 1. The number of aryl methyl sites for hydroxylation is 1. The summed E-state index contributed by atoms with van der Waals surface area (Å²) >= 11 is 0. The van der Waals surface area contributed by atoms with E-state index in [2.05, 4.69) is 5.32 Å². The molecule has 0 bridgehead atoms. The molecule has 30 heavy (non-hydrogen) atoms. The number of carbonyl (C=O) groups is 3. The predicted octanol–water partition coefficient (Wildman–Crippen LogP) is 2.75. The maximum Gasteiger partial charge on any atom is 0.408 e. The minimum Gasteiger partial charge on any atom is -0.464 e. The van der Waals surface area contributed by atoms with Crippen LogP contribution < -0.4 is 10.2 Å². The third kappa shape index (κ3) is 3.87. The molecular weight excluding hydrogens is 384 g/mol. The quantitative estimate of drug-likeness (QED) is 0.769. The Morgan fingerprint density at radius 2 is 1.83 bits per heavy atom. The van der Waals surface area contributed by atoms with Crippen LogP contribution in [0.3, 0.4) is 0 Å². The van der Waals surface area contributed by atoms with Gasteiger partial charge in [0.25, 0.3) is 5.91 Å². The first-order valence-electron chi connectivity index (χ1n) is 10.2. The molecular formula is C23H24N2O5. The van der Waals surface area contributed by atoms with Crippen LogP contribution in [0.25, 0.3) is 0 Å². The maximum absolute atomic E-state index is 13.3. The van der Waals surface area contributed by atoms with Crippen LogP contribution in [0.4, 0.5) is 10.5 Å². The summed E-state index contributed by atoms with van der Waals surface area (Å²) in [7, 11) is 0. The third-order valence-electron chi connectivity index (χ3n) is 5.47. The summed E-state index contributed by atoms with van der Waals surface area (Å²) in [4.78, 5) is 39.7. The lowest BCUT2D eigenvalue weighted by molar-refractivity contribution is -0.145. The van der Waals surface area contributed by atoms with E-state index in [-0.39, 0.29) is 19.1 Å². The number of ether oxygens (including phenoxy) is 2. The zero-order valence-electron chi connectivity index (χ0n) is 16.8. The van der Waals surface area contributed by atoms with Crippen molar-refractivity contribution in [3.05, 3.63) is 65.2 Å². The fraction of sp³-hybridized carbons (Fsp3) is 0.348. The number of para-hydroxylation sites is 1. The van der Waals surface area contributed by atoms with Crippen LogP contribution in [0.15, 0.2) is 48.5 Å². The Kier molecular flexibility index (Phi) is 5.70. The summed E-state index contributed by atoms with van der Waals surface area (Å²) in [6.45, 7) is 2.10. The van der Waals surface area contributed by atoms with Gasteiger partial charge in [0.05, 0.1) is 12.3 Å². The predicted molar refractivity (Wildman–Crippen MR) is 110 cm³/mol. The first-order valence-corrected chi connectivity index (χ1v) is 10.2. The monoisotopic (exact) mass is 408 g/mol. The van der Waals surface area contributed by atoms with E-state index < -0.39 is 24.1 Å². The normalized spacial score (nSPS) is 19.6. The molecule has 0 unspecified atom stereocenters. The summed E-state index contributed by atoms with van der Waals surface area (Å²) in [6, 6.07) is 13.7. The highest BCUT2D eigenvalue weighted by molar-refractivity contribution is 6.06. The van der Waals surface area contributed by atoms with Crippen molar-refractivity contribution in [3.8, 4) is 0 Å². The zero-order valence-corrected chi connectivity index (χ0v) is 16.8.